The van der Waals surface area contributed by atoms with Crippen LogP contribution in [-0.4, -0.2) is 30.1 Å². The molecule has 124 valence electrons. The van der Waals surface area contributed by atoms with Crippen LogP contribution in [0.5, 0.6) is 0 Å². The lowest BCUT2D eigenvalue weighted by molar-refractivity contribution is 0.185. The fraction of sp³-hybridized carbons (Fsp3) is 0.429. The number of nitrogens with zero attached hydrogens (tertiary/aromatic N) is 2. The Morgan fingerprint density at radius 3 is 2.04 bits per heavy atom. The van der Waals surface area contributed by atoms with E-state index in [0.717, 1.165) is 6.54 Å². The quantitative estimate of drug-likeness (QED) is 0.750. The number of para-hydroxylation sites is 2. The lowest BCUT2D eigenvalue weighted by Crippen LogP contribution is -2.41. The van der Waals surface area contributed by atoms with Gasteiger partial charge in [0.15, 0.2) is 0 Å². The van der Waals surface area contributed by atoms with Crippen molar-refractivity contribution in [3.8, 4) is 0 Å². The van der Waals surface area contributed by atoms with E-state index >= 15 is 0 Å². The van der Waals surface area contributed by atoms with Crippen molar-refractivity contribution in [1.82, 2.24) is 4.90 Å². The first-order valence-electron chi connectivity index (χ1n) is 9.24. The Morgan fingerprint density at radius 1 is 0.833 bits per heavy atom. The van der Waals surface area contributed by atoms with Gasteiger partial charge < -0.3 is 4.90 Å². The fourth-order valence-electron chi connectivity index (χ4n) is 4.98. The number of benzene rings is 2. The van der Waals surface area contributed by atoms with Gasteiger partial charge in [-0.2, -0.15) is 0 Å². The van der Waals surface area contributed by atoms with Crippen LogP contribution in [0, 0.1) is 0 Å². The van der Waals surface area contributed by atoms with Gasteiger partial charge in [0.25, 0.3) is 0 Å². The minimum Gasteiger partial charge on any atom is -0.340 e. The molecule has 0 aromatic heterocycles. The predicted molar refractivity (Wildman–Crippen MR) is 101 cm³/mol. The minimum absolute atomic E-state index is 0.495. The number of hydrogen-bond donors (Lipinski definition) is 0. The molecule has 0 spiro atoms. The maximum Gasteiger partial charge on any atom is 0.0552 e. The summed E-state index contributed by atoms with van der Waals surface area (Å²) < 4.78 is 0. The summed E-state index contributed by atoms with van der Waals surface area (Å²) in [6.45, 7) is 3.77. The summed E-state index contributed by atoms with van der Waals surface area (Å²) in [5, 5.41) is 0. The highest BCUT2D eigenvalue weighted by molar-refractivity contribution is 7.99. The molecule has 0 aliphatic carbocycles. The Bertz CT molecular complexity index is 702. The molecule has 0 radical (unpaired) electrons. The van der Waals surface area contributed by atoms with Crippen LogP contribution in [0.3, 0.4) is 0 Å². The Labute approximate surface area is 148 Å². The average molecular weight is 337 g/mol. The summed E-state index contributed by atoms with van der Waals surface area (Å²) in [6, 6.07) is 17.8. The molecule has 2 aromatic carbocycles. The summed E-state index contributed by atoms with van der Waals surface area (Å²) in [6.07, 6.45) is 6.88. The van der Waals surface area contributed by atoms with Gasteiger partial charge in [0.05, 0.1) is 11.4 Å². The molecule has 0 bridgehead atoms. The third-order valence-electron chi connectivity index (χ3n) is 6.14. The molecule has 0 N–H and O–H groups in total. The number of anilines is 2. The van der Waals surface area contributed by atoms with E-state index in [1.807, 2.05) is 11.8 Å². The molecular weight excluding hydrogens is 312 g/mol. The summed E-state index contributed by atoms with van der Waals surface area (Å²) in [4.78, 5) is 8.14. The molecule has 3 heterocycles. The van der Waals surface area contributed by atoms with Crippen molar-refractivity contribution in [2.75, 3.05) is 24.5 Å². The van der Waals surface area contributed by atoms with Crippen LogP contribution >= 0.6 is 11.8 Å². The molecule has 2 fully saturated rings. The molecule has 0 unspecified atom stereocenters. The Kier molecular flexibility index (Phi) is 3.60. The number of fused-ring (bicyclic) bond motifs is 3. The van der Waals surface area contributed by atoms with E-state index in [2.05, 4.69) is 58.3 Å². The van der Waals surface area contributed by atoms with E-state index < -0.39 is 0 Å². The zero-order chi connectivity index (χ0) is 16.0. The standard InChI is InChI=1S/C21H24N2S/c1-3-9-19-17(7-1)23(18-8-2-4-10-20(18)24-19)16-13-21-11-5-14-22(21)15-6-12-21/h1-4,7-10H,5-6,11-16H2. The highest BCUT2D eigenvalue weighted by Crippen LogP contribution is 2.49. The van der Waals surface area contributed by atoms with Gasteiger partial charge in [-0.25, -0.2) is 0 Å². The van der Waals surface area contributed by atoms with Crippen molar-refractivity contribution < 1.29 is 0 Å². The van der Waals surface area contributed by atoms with Crippen molar-refractivity contribution in [2.45, 2.75) is 47.4 Å². The van der Waals surface area contributed by atoms with Crippen LogP contribution in [0.2, 0.25) is 0 Å². The first-order valence-corrected chi connectivity index (χ1v) is 10.1. The van der Waals surface area contributed by atoms with Crippen molar-refractivity contribution in [1.29, 1.82) is 0 Å². The summed E-state index contributed by atoms with van der Waals surface area (Å²) >= 11 is 1.91. The lowest BCUT2D eigenvalue weighted by Gasteiger charge is -2.38. The maximum atomic E-state index is 2.78. The summed E-state index contributed by atoms with van der Waals surface area (Å²) in [5.74, 6) is 0. The Balaban J connectivity index is 1.47. The minimum atomic E-state index is 0.495. The smallest absolute Gasteiger partial charge is 0.0552 e. The van der Waals surface area contributed by atoms with E-state index in [-0.39, 0.29) is 0 Å². The zero-order valence-electron chi connectivity index (χ0n) is 14.1. The van der Waals surface area contributed by atoms with Gasteiger partial charge in [0.2, 0.25) is 0 Å². The van der Waals surface area contributed by atoms with Crippen LogP contribution in [-0.2, 0) is 0 Å². The second-order valence-corrected chi connectivity index (χ2v) is 8.44. The highest BCUT2D eigenvalue weighted by atomic mass is 32.2. The normalized spacial score (nSPS) is 21.4. The Morgan fingerprint density at radius 2 is 1.42 bits per heavy atom. The third kappa shape index (κ3) is 2.29. The van der Waals surface area contributed by atoms with E-state index in [0.29, 0.717) is 5.54 Å². The van der Waals surface area contributed by atoms with Crippen LogP contribution in [0.1, 0.15) is 32.1 Å². The molecular formula is C21H24N2S. The van der Waals surface area contributed by atoms with Gasteiger partial charge in [-0.3, -0.25) is 4.90 Å². The summed E-state index contributed by atoms with van der Waals surface area (Å²) in [5.41, 5.74) is 3.27. The SMILES string of the molecule is c1ccc2c(c1)Sc1ccccc1N2CCC12CCCN1CCC2. The first-order chi connectivity index (χ1) is 11.9. The van der Waals surface area contributed by atoms with Crippen LogP contribution in [0.15, 0.2) is 58.3 Å². The monoisotopic (exact) mass is 336 g/mol. The van der Waals surface area contributed by atoms with Gasteiger partial charge in [0, 0.05) is 21.9 Å². The van der Waals surface area contributed by atoms with Crippen molar-refractivity contribution in [3.63, 3.8) is 0 Å². The molecule has 0 saturated carbocycles. The zero-order valence-corrected chi connectivity index (χ0v) is 14.9. The fourth-order valence-corrected chi connectivity index (χ4v) is 6.07. The largest absolute Gasteiger partial charge is 0.340 e. The molecule has 5 rings (SSSR count). The third-order valence-corrected chi connectivity index (χ3v) is 7.27. The van der Waals surface area contributed by atoms with Gasteiger partial charge in [-0.1, -0.05) is 36.0 Å². The maximum absolute atomic E-state index is 2.78. The van der Waals surface area contributed by atoms with E-state index in [1.165, 1.54) is 66.4 Å². The lowest BCUT2D eigenvalue weighted by atomic mass is 9.90. The van der Waals surface area contributed by atoms with Crippen LogP contribution < -0.4 is 4.90 Å². The second-order valence-electron chi connectivity index (χ2n) is 7.36. The molecule has 3 aliphatic rings. The van der Waals surface area contributed by atoms with Crippen molar-refractivity contribution in [2.24, 2.45) is 0 Å². The van der Waals surface area contributed by atoms with Crippen molar-refractivity contribution in [3.05, 3.63) is 48.5 Å². The van der Waals surface area contributed by atoms with E-state index in [1.54, 1.807) is 0 Å². The summed E-state index contributed by atoms with van der Waals surface area (Å²) in [7, 11) is 0. The predicted octanol–water partition coefficient (Wildman–Crippen LogP) is 5.31. The van der Waals surface area contributed by atoms with Crippen LogP contribution in [0.25, 0.3) is 0 Å². The Hall–Kier alpha value is -1.45. The molecule has 2 saturated heterocycles. The average Bonchev–Trinajstić information content (AvgIpc) is 3.18. The second kappa shape index (κ2) is 5.82. The molecule has 24 heavy (non-hydrogen) atoms. The molecule has 2 nitrogen and oxygen atoms in total. The van der Waals surface area contributed by atoms with E-state index in [4.69, 9.17) is 0 Å². The molecule has 0 atom stereocenters. The number of hydrogen-bond acceptors (Lipinski definition) is 3. The van der Waals surface area contributed by atoms with Crippen molar-refractivity contribution >= 4 is 23.1 Å². The van der Waals surface area contributed by atoms with Gasteiger partial charge in [0.1, 0.15) is 0 Å². The molecule has 0 amide bonds. The molecule has 3 heteroatoms. The van der Waals surface area contributed by atoms with Crippen LogP contribution in [0.4, 0.5) is 11.4 Å². The van der Waals surface area contributed by atoms with E-state index in [9.17, 15) is 0 Å². The van der Waals surface area contributed by atoms with Gasteiger partial charge in [-0.05, 0) is 69.5 Å². The number of rotatable bonds is 3. The van der Waals surface area contributed by atoms with Gasteiger partial charge in [-0.15, -0.1) is 0 Å². The topological polar surface area (TPSA) is 6.48 Å². The molecule has 2 aromatic rings. The highest BCUT2D eigenvalue weighted by Gasteiger charge is 2.44. The van der Waals surface area contributed by atoms with Gasteiger partial charge >= 0.3 is 0 Å². The molecule has 3 aliphatic heterocycles. The first kappa shape index (κ1) is 14.9.